The maximum absolute atomic E-state index is 5.17. The molecule has 0 fully saturated rings. The van der Waals surface area contributed by atoms with Crippen LogP contribution in [-0.4, -0.2) is 0 Å². The third-order valence-electron chi connectivity index (χ3n) is 1.69. The molecule has 0 spiro atoms. The van der Waals surface area contributed by atoms with E-state index in [1.807, 2.05) is 13.1 Å². The van der Waals surface area contributed by atoms with Crippen LogP contribution in [0.25, 0.3) is 0 Å². The van der Waals surface area contributed by atoms with E-state index >= 15 is 0 Å². The Labute approximate surface area is 69.1 Å². The van der Waals surface area contributed by atoms with Gasteiger partial charge >= 0.3 is 0 Å². The summed E-state index contributed by atoms with van der Waals surface area (Å²) in [5.41, 5.74) is 5.07. The molecule has 0 aliphatic heterocycles. The summed E-state index contributed by atoms with van der Waals surface area (Å²) in [5.74, 6) is 5.73. The summed E-state index contributed by atoms with van der Waals surface area (Å²) in [6.45, 7) is 8.44. The minimum atomic E-state index is 0.560. The molecule has 2 nitrogen and oxygen atoms in total. The van der Waals surface area contributed by atoms with Gasteiger partial charge in [0.15, 0.2) is 0 Å². The smallest absolute Gasteiger partial charge is 0.0155 e. The van der Waals surface area contributed by atoms with Crippen LogP contribution in [0.2, 0.25) is 0 Å². The van der Waals surface area contributed by atoms with Crippen molar-refractivity contribution in [1.82, 2.24) is 5.43 Å². The van der Waals surface area contributed by atoms with Crippen molar-refractivity contribution in [3.63, 3.8) is 0 Å². The molecule has 0 unspecified atom stereocenters. The lowest BCUT2D eigenvalue weighted by Crippen LogP contribution is -2.14. The molecule has 64 valence electrons. The summed E-state index contributed by atoms with van der Waals surface area (Å²) in [6, 6.07) is 0. The van der Waals surface area contributed by atoms with E-state index in [4.69, 9.17) is 5.84 Å². The van der Waals surface area contributed by atoms with Gasteiger partial charge in [-0.1, -0.05) is 19.9 Å². The number of hydrogen-bond donors (Lipinski definition) is 2. The normalized spacial score (nSPS) is 14.0. The minimum Gasteiger partial charge on any atom is -0.331 e. The number of rotatable bonds is 3. The third kappa shape index (κ3) is 3.23. The number of nitrogens with one attached hydrogen (secondary N) is 1. The quantitative estimate of drug-likeness (QED) is 0.370. The van der Waals surface area contributed by atoms with Gasteiger partial charge in [0, 0.05) is 6.20 Å². The van der Waals surface area contributed by atoms with Gasteiger partial charge in [-0.2, -0.15) is 0 Å². The molecule has 0 atom stereocenters. The van der Waals surface area contributed by atoms with Crippen LogP contribution in [-0.2, 0) is 0 Å². The highest BCUT2D eigenvalue weighted by molar-refractivity contribution is 5.29. The van der Waals surface area contributed by atoms with E-state index in [9.17, 15) is 0 Å². The van der Waals surface area contributed by atoms with Crippen molar-refractivity contribution >= 4 is 0 Å². The fourth-order valence-corrected chi connectivity index (χ4v) is 1.22. The molecule has 11 heavy (non-hydrogen) atoms. The first-order valence-corrected chi connectivity index (χ1v) is 3.93. The number of nitrogens with two attached hydrogens (primary N) is 1. The van der Waals surface area contributed by atoms with Gasteiger partial charge in [-0.3, -0.25) is 5.84 Å². The molecular weight excluding hydrogens is 136 g/mol. The molecule has 0 saturated heterocycles. The Hall–Kier alpha value is -0.760. The van der Waals surface area contributed by atoms with E-state index in [-0.39, 0.29) is 0 Å². The molecular formula is C9H18N2. The average molecular weight is 154 g/mol. The van der Waals surface area contributed by atoms with E-state index in [0.717, 1.165) is 0 Å². The fraction of sp³-hybridized carbons (Fsp3) is 0.556. The van der Waals surface area contributed by atoms with E-state index in [2.05, 4.69) is 32.3 Å². The molecule has 3 N–H and O–H groups in total. The fourth-order valence-electron chi connectivity index (χ4n) is 1.22. The predicted molar refractivity (Wildman–Crippen MR) is 49.7 cm³/mol. The molecule has 0 aromatic carbocycles. The summed E-state index contributed by atoms with van der Waals surface area (Å²) in [4.78, 5) is 0. The van der Waals surface area contributed by atoms with E-state index in [0.29, 0.717) is 5.92 Å². The first-order valence-electron chi connectivity index (χ1n) is 3.93. The molecule has 0 aromatic heterocycles. The van der Waals surface area contributed by atoms with Crippen molar-refractivity contribution in [1.29, 1.82) is 0 Å². The summed E-state index contributed by atoms with van der Waals surface area (Å²) < 4.78 is 0. The van der Waals surface area contributed by atoms with Crippen LogP contribution in [0.5, 0.6) is 0 Å². The second-order valence-electron chi connectivity index (χ2n) is 2.89. The Morgan fingerprint density at radius 2 is 2.00 bits per heavy atom. The number of hydrazine groups is 1. The highest BCUT2D eigenvalue weighted by Gasteiger charge is 2.02. The highest BCUT2D eigenvalue weighted by atomic mass is 15.2. The lowest BCUT2D eigenvalue weighted by molar-refractivity contribution is 0.770. The van der Waals surface area contributed by atoms with Crippen LogP contribution in [0.4, 0.5) is 0 Å². The number of allylic oxidation sites excluding steroid dienone is 3. The zero-order chi connectivity index (χ0) is 8.85. The Morgan fingerprint density at radius 1 is 1.45 bits per heavy atom. The van der Waals surface area contributed by atoms with Crippen molar-refractivity contribution in [3.8, 4) is 0 Å². The Kier molecular flexibility index (Phi) is 4.62. The Bertz CT molecular complexity index is 166. The number of hydrogen-bond acceptors (Lipinski definition) is 2. The third-order valence-corrected chi connectivity index (χ3v) is 1.69. The maximum atomic E-state index is 5.17. The molecule has 0 aromatic rings. The molecule has 0 heterocycles. The van der Waals surface area contributed by atoms with Crippen LogP contribution >= 0.6 is 0 Å². The summed E-state index contributed by atoms with van der Waals surface area (Å²) in [6.07, 6.45) is 3.93. The van der Waals surface area contributed by atoms with Crippen LogP contribution < -0.4 is 11.3 Å². The molecule has 0 bridgehead atoms. The minimum absolute atomic E-state index is 0.560. The monoisotopic (exact) mass is 154 g/mol. The highest BCUT2D eigenvalue weighted by Crippen LogP contribution is 2.17. The van der Waals surface area contributed by atoms with Crippen LogP contribution in [0.15, 0.2) is 23.4 Å². The Balaban J connectivity index is 4.40. The average Bonchev–Trinajstić information content (AvgIpc) is 1.88. The van der Waals surface area contributed by atoms with Crippen molar-refractivity contribution < 1.29 is 0 Å². The predicted octanol–water partition coefficient (Wildman–Crippen LogP) is 1.96. The van der Waals surface area contributed by atoms with Crippen molar-refractivity contribution in [2.75, 3.05) is 0 Å². The van der Waals surface area contributed by atoms with Gasteiger partial charge in [-0.25, -0.2) is 0 Å². The van der Waals surface area contributed by atoms with Crippen molar-refractivity contribution in [2.24, 2.45) is 11.8 Å². The topological polar surface area (TPSA) is 38.0 Å². The van der Waals surface area contributed by atoms with Crippen LogP contribution in [0, 0.1) is 5.92 Å². The summed E-state index contributed by atoms with van der Waals surface area (Å²) in [7, 11) is 0. The van der Waals surface area contributed by atoms with Gasteiger partial charge in [0.1, 0.15) is 0 Å². The van der Waals surface area contributed by atoms with Gasteiger partial charge in [-0.05, 0) is 30.9 Å². The molecule has 0 amide bonds. The molecule has 0 radical (unpaired) electrons. The second-order valence-corrected chi connectivity index (χ2v) is 2.89. The van der Waals surface area contributed by atoms with Gasteiger partial charge < -0.3 is 5.43 Å². The standard InChI is InChI=1S/C9H18N2/c1-5-9(7(2)3)8(4)6-11-10/h5-7,11H,10H2,1-4H3/b8-6-,9-5-. The molecule has 0 rings (SSSR count). The zero-order valence-electron chi connectivity index (χ0n) is 7.81. The van der Waals surface area contributed by atoms with Crippen molar-refractivity contribution in [2.45, 2.75) is 27.7 Å². The lowest BCUT2D eigenvalue weighted by Gasteiger charge is -2.10. The maximum Gasteiger partial charge on any atom is 0.0155 e. The largest absolute Gasteiger partial charge is 0.331 e. The van der Waals surface area contributed by atoms with Crippen LogP contribution in [0.1, 0.15) is 27.7 Å². The molecule has 0 saturated carbocycles. The SMILES string of the molecule is C/C=C(\C(C)=C/NN)C(C)C. The lowest BCUT2D eigenvalue weighted by atomic mass is 9.97. The van der Waals surface area contributed by atoms with E-state index < -0.39 is 0 Å². The van der Waals surface area contributed by atoms with Gasteiger partial charge in [-0.15, -0.1) is 0 Å². The first kappa shape index (κ1) is 10.2. The summed E-state index contributed by atoms with van der Waals surface area (Å²) >= 11 is 0. The molecule has 2 heteroatoms. The van der Waals surface area contributed by atoms with Gasteiger partial charge in [0.2, 0.25) is 0 Å². The van der Waals surface area contributed by atoms with E-state index in [1.165, 1.54) is 11.1 Å². The van der Waals surface area contributed by atoms with Gasteiger partial charge in [0.05, 0.1) is 0 Å². The van der Waals surface area contributed by atoms with E-state index in [1.54, 1.807) is 0 Å². The second kappa shape index (κ2) is 4.97. The Morgan fingerprint density at radius 3 is 2.27 bits per heavy atom. The summed E-state index contributed by atoms with van der Waals surface area (Å²) in [5, 5.41) is 0. The van der Waals surface area contributed by atoms with Crippen molar-refractivity contribution in [3.05, 3.63) is 23.4 Å². The first-order chi connectivity index (χ1) is 5.13. The molecule has 0 aliphatic carbocycles. The van der Waals surface area contributed by atoms with Crippen LogP contribution in [0.3, 0.4) is 0 Å². The van der Waals surface area contributed by atoms with Gasteiger partial charge in [0.25, 0.3) is 0 Å². The molecule has 0 aliphatic rings. The zero-order valence-corrected chi connectivity index (χ0v) is 7.81.